The number of amides is 1. The summed E-state index contributed by atoms with van der Waals surface area (Å²) in [7, 11) is 0. The Labute approximate surface area is 115 Å². The summed E-state index contributed by atoms with van der Waals surface area (Å²) < 4.78 is 0. The number of hydrogen-bond acceptors (Lipinski definition) is 3. The third kappa shape index (κ3) is 3.01. The summed E-state index contributed by atoms with van der Waals surface area (Å²) in [4.78, 5) is 14.6. The second kappa shape index (κ2) is 6.78. The Morgan fingerprint density at radius 3 is 2.53 bits per heavy atom. The maximum Gasteiger partial charge on any atom is 0.236 e. The van der Waals surface area contributed by atoms with E-state index in [4.69, 9.17) is 10.9 Å². The third-order valence-electron chi connectivity index (χ3n) is 4.48. The zero-order valence-electron chi connectivity index (χ0n) is 12.4. The first-order valence-corrected chi connectivity index (χ1v) is 7.33. The molecular weight excluding hydrogens is 242 g/mol. The van der Waals surface area contributed by atoms with Crippen molar-refractivity contribution >= 4 is 11.7 Å². The van der Waals surface area contributed by atoms with Crippen molar-refractivity contribution in [3.63, 3.8) is 0 Å². The monoisotopic (exact) mass is 269 g/mol. The van der Waals surface area contributed by atoms with Crippen LogP contribution in [0.15, 0.2) is 5.16 Å². The maximum atomic E-state index is 12.7. The van der Waals surface area contributed by atoms with Gasteiger partial charge in [-0.25, -0.2) is 0 Å². The number of carbonyl (C=O) groups excluding carboxylic acids is 1. The number of rotatable bonds is 6. The lowest BCUT2D eigenvalue weighted by molar-refractivity contribution is -0.137. The molecule has 0 bridgehead atoms. The van der Waals surface area contributed by atoms with E-state index in [1.54, 1.807) is 0 Å². The van der Waals surface area contributed by atoms with E-state index in [1.807, 2.05) is 18.7 Å². The smallest absolute Gasteiger partial charge is 0.236 e. The largest absolute Gasteiger partial charge is 0.409 e. The second-order valence-electron chi connectivity index (χ2n) is 5.47. The van der Waals surface area contributed by atoms with Crippen LogP contribution in [0.4, 0.5) is 0 Å². The van der Waals surface area contributed by atoms with E-state index in [2.05, 4.69) is 12.1 Å². The van der Waals surface area contributed by atoms with Crippen molar-refractivity contribution < 1.29 is 10.0 Å². The lowest BCUT2D eigenvalue weighted by Crippen LogP contribution is -2.50. The summed E-state index contributed by atoms with van der Waals surface area (Å²) in [5.41, 5.74) is 4.95. The van der Waals surface area contributed by atoms with Crippen molar-refractivity contribution in [2.24, 2.45) is 22.2 Å². The number of likely N-dealkylation sites (tertiary alicyclic amines) is 1. The van der Waals surface area contributed by atoms with Gasteiger partial charge in [0.1, 0.15) is 5.41 Å². The minimum atomic E-state index is -0.837. The van der Waals surface area contributed by atoms with E-state index in [0.29, 0.717) is 18.8 Å². The molecule has 1 saturated heterocycles. The summed E-state index contributed by atoms with van der Waals surface area (Å²) in [5.74, 6) is 0.667. The highest BCUT2D eigenvalue weighted by molar-refractivity contribution is 6.06. The van der Waals surface area contributed by atoms with Gasteiger partial charge >= 0.3 is 0 Å². The molecule has 1 heterocycles. The maximum absolute atomic E-state index is 12.7. The van der Waals surface area contributed by atoms with Gasteiger partial charge in [0.15, 0.2) is 5.84 Å². The molecule has 19 heavy (non-hydrogen) atoms. The topological polar surface area (TPSA) is 78.9 Å². The van der Waals surface area contributed by atoms with Crippen LogP contribution in [0.2, 0.25) is 0 Å². The molecule has 1 atom stereocenters. The molecular formula is C14H27N3O2. The average molecular weight is 269 g/mol. The summed E-state index contributed by atoms with van der Waals surface area (Å²) in [6.45, 7) is 7.61. The molecule has 1 rings (SSSR count). The van der Waals surface area contributed by atoms with Gasteiger partial charge in [0.25, 0.3) is 0 Å². The molecule has 0 radical (unpaired) electrons. The lowest BCUT2D eigenvalue weighted by atomic mass is 9.79. The minimum absolute atomic E-state index is 0.0198. The van der Waals surface area contributed by atoms with E-state index >= 15 is 0 Å². The molecule has 3 N–H and O–H groups in total. The number of oxime groups is 1. The quantitative estimate of drug-likeness (QED) is 0.336. The van der Waals surface area contributed by atoms with E-state index in [9.17, 15) is 4.79 Å². The molecule has 0 saturated carbocycles. The number of hydrogen-bond donors (Lipinski definition) is 2. The molecule has 5 heteroatoms. The Balaban J connectivity index is 2.85. The third-order valence-corrected chi connectivity index (χ3v) is 4.48. The summed E-state index contributed by atoms with van der Waals surface area (Å²) in [6, 6.07) is 0. The van der Waals surface area contributed by atoms with Crippen LogP contribution in [0.5, 0.6) is 0 Å². The van der Waals surface area contributed by atoms with Crippen molar-refractivity contribution in [2.75, 3.05) is 13.1 Å². The van der Waals surface area contributed by atoms with Crippen LogP contribution >= 0.6 is 0 Å². The van der Waals surface area contributed by atoms with Gasteiger partial charge in [-0.05, 0) is 31.6 Å². The number of nitrogens with zero attached hydrogens (tertiary/aromatic N) is 2. The van der Waals surface area contributed by atoms with Crippen LogP contribution in [-0.4, -0.2) is 34.9 Å². The SMILES string of the molecule is CCCC1CCN(C(=O)C(CC)(CC)C(N)=NO)C1. The molecule has 1 amide bonds. The molecule has 1 aliphatic rings. The number of nitrogens with two attached hydrogens (primary N) is 1. The number of amidine groups is 1. The van der Waals surface area contributed by atoms with E-state index < -0.39 is 5.41 Å². The molecule has 0 aliphatic carbocycles. The molecule has 1 unspecified atom stereocenters. The van der Waals surface area contributed by atoms with Crippen LogP contribution in [0.1, 0.15) is 52.9 Å². The molecule has 1 fully saturated rings. The van der Waals surface area contributed by atoms with Crippen LogP contribution in [-0.2, 0) is 4.79 Å². The molecule has 1 aliphatic heterocycles. The average Bonchev–Trinajstić information content (AvgIpc) is 2.89. The zero-order valence-corrected chi connectivity index (χ0v) is 12.4. The molecule has 0 aromatic rings. The van der Waals surface area contributed by atoms with Gasteiger partial charge in [0, 0.05) is 13.1 Å². The first kappa shape index (κ1) is 15.8. The Bertz CT molecular complexity index is 338. The van der Waals surface area contributed by atoms with Crippen molar-refractivity contribution in [3.05, 3.63) is 0 Å². The van der Waals surface area contributed by atoms with Crippen LogP contribution in [0.3, 0.4) is 0 Å². The summed E-state index contributed by atoms with van der Waals surface area (Å²) in [5, 5.41) is 12.1. The Hall–Kier alpha value is -1.26. The molecule has 5 nitrogen and oxygen atoms in total. The van der Waals surface area contributed by atoms with Gasteiger partial charge in [-0.15, -0.1) is 0 Å². The second-order valence-corrected chi connectivity index (χ2v) is 5.47. The molecule has 0 aromatic carbocycles. The first-order valence-electron chi connectivity index (χ1n) is 7.33. The van der Waals surface area contributed by atoms with E-state index in [0.717, 1.165) is 25.9 Å². The van der Waals surface area contributed by atoms with Gasteiger partial charge in [-0.3, -0.25) is 4.79 Å². The Kier molecular flexibility index (Phi) is 5.63. The highest BCUT2D eigenvalue weighted by atomic mass is 16.4. The van der Waals surface area contributed by atoms with E-state index in [1.165, 1.54) is 6.42 Å². The van der Waals surface area contributed by atoms with Crippen molar-refractivity contribution in [3.8, 4) is 0 Å². The highest BCUT2D eigenvalue weighted by Crippen LogP contribution is 2.32. The molecule has 0 spiro atoms. The summed E-state index contributed by atoms with van der Waals surface area (Å²) >= 11 is 0. The van der Waals surface area contributed by atoms with Gasteiger partial charge in [0.2, 0.25) is 5.91 Å². The Morgan fingerprint density at radius 1 is 1.42 bits per heavy atom. The Morgan fingerprint density at radius 2 is 2.05 bits per heavy atom. The number of carbonyl (C=O) groups is 1. The minimum Gasteiger partial charge on any atom is -0.409 e. The van der Waals surface area contributed by atoms with Gasteiger partial charge in [-0.1, -0.05) is 32.3 Å². The molecule has 0 aromatic heterocycles. The zero-order chi connectivity index (χ0) is 14.5. The van der Waals surface area contributed by atoms with Gasteiger partial charge < -0.3 is 15.8 Å². The van der Waals surface area contributed by atoms with Crippen molar-refractivity contribution in [1.29, 1.82) is 0 Å². The molecule has 110 valence electrons. The predicted octanol–water partition coefficient (Wildman–Crippen LogP) is 2.19. The summed E-state index contributed by atoms with van der Waals surface area (Å²) in [6.07, 6.45) is 4.51. The highest BCUT2D eigenvalue weighted by Gasteiger charge is 2.44. The van der Waals surface area contributed by atoms with Crippen molar-refractivity contribution in [2.45, 2.75) is 52.9 Å². The fraction of sp³-hybridized carbons (Fsp3) is 0.857. The fourth-order valence-corrected chi connectivity index (χ4v) is 3.08. The fourth-order valence-electron chi connectivity index (χ4n) is 3.08. The first-order chi connectivity index (χ1) is 9.05. The van der Waals surface area contributed by atoms with E-state index in [-0.39, 0.29) is 11.7 Å². The van der Waals surface area contributed by atoms with Crippen molar-refractivity contribution in [1.82, 2.24) is 4.90 Å². The van der Waals surface area contributed by atoms with Crippen LogP contribution in [0.25, 0.3) is 0 Å². The van der Waals surface area contributed by atoms with Crippen LogP contribution < -0.4 is 5.73 Å². The lowest BCUT2D eigenvalue weighted by Gasteiger charge is -2.33. The normalized spacial score (nSPS) is 20.9. The van der Waals surface area contributed by atoms with Gasteiger partial charge in [0.05, 0.1) is 0 Å². The predicted molar refractivity (Wildman–Crippen MR) is 76.0 cm³/mol. The van der Waals surface area contributed by atoms with Gasteiger partial charge in [-0.2, -0.15) is 0 Å². The van der Waals surface area contributed by atoms with Crippen LogP contribution in [0, 0.1) is 11.3 Å². The standard InChI is InChI=1S/C14H27N3O2/c1-4-7-11-8-9-17(10-11)13(18)14(5-2,6-3)12(15)16-19/h11,19H,4-10H2,1-3H3,(H2,15,16).